The number of hydrogen-bond acceptors (Lipinski definition) is 3. The van der Waals surface area contributed by atoms with Crippen LogP contribution in [0.3, 0.4) is 0 Å². The molecule has 18 heavy (non-hydrogen) atoms. The van der Waals surface area contributed by atoms with Crippen molar-refractivity contribution in [2.75, 3.05) is 19.8 Å². The van der Waals surface area contributed by atoms with Gasteiger partial charge < -0.3 is 10.5 Å². The summed E-state index contributed by atoms with van der Waals surface area (Å²) in [6.07, 6.45) is 2.92. The van der Waals surface area contributed by atoms with Crippen molar-refractivity contribution in [1.82, 2.24) is 9.78 Å². The summed E-state index contributed by atoms with van der Waals surface area (Å²) in [6.45, 7) is 7.17. The summed E-state index contributed by atoms with van der Waals surface area (Å²) in [5.41, 5.74) is 8.17. The third-order valence-corrected chi connectivity index (χ3v) is 4.47. The monoisotopic (exact) mass is 271 g/mol. The van der Waals surface area contributed by atoms with Crippen LogP contribution < -0.4 is 5.73 Å². The van der Waals surface area contributed by atoms with Gasteiger partial charge in [0.25, 0.3) is 0 Å². The van der Waals surface area contributed by atoms with Crippen molar-refractivity contribution in [3.63, 3.8) is 0 Å². The maximum absolute atomic E-state index is 6.38. The molecular weight excluding hydrogens is 250 g/mol. The lowest BCUT2D eigenvalue weighted by molar-refractivity contribution is 0.0182. The Labute approximate surface area is 113 Å². The van der Waals surface area contributed by atoms with Gasteiger partial charge in [-0.1, -0.05) is 11.6 Å². The molecule has 0 atom stereocenters. The summed E-state index contributed by atoms with van der Waals surface area (Å²) >= 11 is 6.38. The molecule has 2 heterocycles. The molecule has 1 aromatic heterocycles. The fourth-order valence-corrected chi connectivity index (χ4v) is 2.85. The van der Waals surface area contributed by atoms with Crippen molar-refractivity contribution in [2.45, 2.75) is 39.7 Å². The van der Waals surface area contributed by atoms with Crippen LogP contribution in [0.1, 0.15) is 31.2 Å². The zero-order valence-corrected chi connectivity index (χ0v) is 12.0. The second kappa shape index (κ2) is 5.59. The van der Waals surface area contributed by atoms with E-state index in [-0.39, 0.29) is 5.41 Å². The number of rotatable bonds is 4. The van der Waals surface area contributed by atoms with E-state index < -0.39 is 0 Å². The first-order valence-electron chi connectivity index (χ1n) is 6.61. The van der Waals surface area contributed by atoms with E-state index in [1.54, 1.807) is 0 Å². The number of aromatic nitrogens is 2. The molecule has 0 spiro atoms. The Hall–Kier alpha value is -0.580. The van der Waals surface area contributed by atoms with Crippen molar-refractivity contribution < 1.29 is 4.74 Å². The van der Waals surface area contributed by atoms with Crippen LogP contribution in [0.5, 0.6) is 0 Å². The molecule has 0 radical (unpaired) electrons. The van der Waals surface area contributed by atoms with Gasteiger partial charge in [-0.3, -0.25) is 4.68 Å². The molecular formula is C13H22ClN3O. The van der Waals surface area contributed by atoms with E-state index >= 15 is 0 Å². The molecule has 0 aromatic carbocycles. The molecule has 1 aliphatic rings. The molecule has 2 N–H and O–H groups in total. The molecule has 1 aromatic rings. The standard InChI is InChI=1S/C13H22ClN3O/c1-3-17-11(12(14)10(2)16-17)8-13(9-15)4-6-18-7-5-13/h3-9,15H2,1-2H3. The average Bonchev–Trinajstić information content (AvgIpc) is 2.67. The molecule has 0 saturated carbocycles. The van der Waals surface area contributed by atoms with Gasteiger partial charge in [-0.25, -0.2) is 0 Å². The Bertz CT molecular complexity index is 411. The molecule has 1 fully saturated rings. The van der Waals surface area contributed by atoms with Gasteiger partial charge in [-0.2, -0.15) is 5.10 Å². The van der Waals surface area contributed by atoms with Crippen LogP contribution in [-0.4, -0.2) is 29.5 Å². The Balaban J connectivity index is 2.26. The number of halogens is 1. The van der Waals surface area contributed by atoms with Gasteiger partial charge in [0.1, 0.15) is 0 Å². The maximum atomic E-state index is 6.38. The third-order valence-electron chi connectivity index (χ3n) is 3.98. The van der Waals surface area contributed by atoms with Crippen LogP contribution in [0.2, 0.25) is 5.02 Å². The van der Waals surface area contributed by atoms with E-state index in [4.69, 9.17) is 22.1 Å². The van der Waals surface area contributed by atoms with E-state index in [1.807, 2.05) is 11.6 Å². The molecule has 0 aliphatic carbocycles. The summed E-state index contributed by atoms with van der Waals surface area (Å²) in [7, 11) is 0. The summed E-state index contributed by atoms with van der Waals surface area (Å²) in [6, 6.07) is 0. The molecule has 102 valence electrons. The first-order valence-corrected chi connectivity index (χ1v) is 6.99. The minimum Gasteiger partial charge on any atom is -0.381 e. The highest BCUT2D eigenvalue weighted by Gasteiger charge is 2.33. The zero-order valence-electron chi connectivity index (χ0n) is 11.2. The topological polar surface area (TPSA) is 53.1 Å². The van der Waals surface area contributed by atoms with E-state index in [0.29, 0.717) is 6.54 Å². The number of nitrogens with two attached hydrogens (primary N) is 1. The highest BCUT2D eigenvalue weighted by atomic mass is 35.5. The highest BCUT2D eigenvalue weighted by molar-refractivity contribution is 6.31. The second-order valence-corrected chi connectivity index (χ2v) is 5.53. The lowest BCUT2D eigenvalue weighted by Crippen LogP contribution is -2.39. The quantitative estimate of drug-likeness (QED) is 0.913. The summed E-state index contributed by atoms with van der Waals surface area (Å²) in [5.74, 6) is 0. The molecule has 4 nitrogen and oxygen atoms in total. The molecule has 2 rings (SSSR count). The lowest BCUT2D eigenvalue weighted by atomic mass is 9.76. The van der Waals surface area contributed by atoms with Crippen molar-refractivity contribution in [3.05, 3.63) is 16.4 Å². The van der Waals surface area contributed by atoms with Crippen LogP contribution in [0.15, 0.2) is 0 Å². The Morgan fingerprint density at radius 2 is 2.11 bits per heavy atom. The van der Waals surface area contributed by atoms with Gasteiger partial charge in [0, 0.05) is 19.8 Å². The summed E-state index contributed by atoms with van der Waals surface area (Å²) in [4.78, 5) is 0. The fraction of sp³-hybridized carbons (Fsp3) is 0.769. The fourth-order valence-electron chi connectivity index (χ4n) is 2.65. The van der Waals surface area contributed by atoms with E-state index in [1.165, 1.54) is 0 Å². The predicted molar refractivity (Wildman–Crippen MR) is 72.9 cm³/mol. The average molecular weight is 272 g/mol. The summed E-state index contributed by atoms with van der Waals surface area (Å²) in [5, 5.41) is 5.27. The molecule has 1 saturated heterocycles. The molecule has 1 aliphatic heterocycles. The van der Waals surface area contributed by atoms with Crippen LogP contribution in [0.25, 0.3) is 0 Å². The van der Waals surface area contributed by atoms with Crippen LogP contribution >= 0.6 is 11.6 Å². The van der Waals surface area contributed by atoms with Crippen LogP contribution in [0, 0.1) is 12.3 Å². The van der Waals surface area contributed by atoms with Crippen molar-refractivity contribution in [1.29, 1.82) is 0 Å². The normalized spacial score (nSPS) is 19.1. The Kier molecular flexibility index (Phi) is 4.30. The van der Waals surface area contributed by atoms with E-state index in [0.717, 1.165) is 55.4 Å². The molecule has 5 heteroatoms. The number of aryl methyl sites for hydroxylation is 2. The van der Waals surface area contributed by atoms with Gasteiger partial charge in [-0.05, 0) is 45.1 Å². The minimum absolute atomic E-state index is 0.126. The maximum Gasteiger partial charge on any atom is 0.0847 e. The van der Waals surface area contributed by atoms with Gasteiger partial charge in [0.05, 0.1) is 16.4 Å². The van der Waals surface area contributed by atoms with Crippen LogP contribution in [-0.2, 0) is 17.7 Å². The molecule has 0 bridgehead atoms. The third kappa shape index (κ3) is 2.56. The van der Waals surface area contributed by atoms with Gasteiger partial charge in [-0.15, -0.1) is 0 Å². The number of hydrogen-bond donors (Lipinski definition) is 1. The first kappa shape index (κ1) is 13.8. The highest BCUT2D eigenvalue weighted by Crippen LogP contribution is 2.35. The zero-order chi connectivity index (χ0) is 13.2. The van der Waals surface area contributed by atoms with Crippen LogP contribution in [0.4, 0.5) is 0 Å². The molecule has 0 amide bonds. The number of nitrogens with zero attached hydrogens (tertiary/aromatic N) is 2. The van der Waals surface area contributed by atoms with Crippen molar-refractivity contribution in [3.8, 4) is 0 Å². The van der Waals surface area contributed by atoms with Crippen molar-refractivity contribution in [2.24, 2.45) is 11.1 Å². The SMILES string of the molecule is CCn1nc(C)c(Cl)c1CC1(CN)CCOCC1. The van der Waals surface area contributed by atoms with E-state index in [9.17, 15) is 0 Å². The first-order chi connectivity index (χ1) is 8.62. The Morgan fingerprint density at radius 1 is 1.44 bits per heavy atom. The van der Waals surface area contributed by atoms with Gasteiger partial charge >= 0.3 is 0 Å². The Morgan fingerprint density at radius 3 is 2.67 bits per heavy atom. The predicted octanol–water partition coefficient (Wildman–Crippen LogP) is 2.16. The largest absolute Gasteiger partial charge is 0.381 e. The minimum atomic E-state index is 0.126. The van der Waals surface area contributed by atoms with Gasteiger partial charge in [0.2, 0.25) is 0 Å². The van der Waals surface area contributed by atoms with E-state index in [2.05, 4.69) is 12.0 Å². The second-order valence-electron chi connectivity index (χ2n) is 5.16. The molecule has 0 unspecified atom stereocenters. The van der Waals surface area contributed by atoms with Gasteiger partial charge in [0.15, 0.2) is 0 Å². The number of ether oxygens (including phenoxy) is 1. The smallest absolute Gasteiger partial charge is 0.0847 e. The summed E-state index contributed by atoms with van der Waals surface area (Å²) < 4.78 is 7.45. The van der Waals surface area contributed by atoms with Crippen molar-refractivity contribution >= 4 is 11.6 Å². The lowest BCUT2D eigenvalue weighted by Gasteiger charge is -2.36.